The number of benzene rings is 2. The number of carbonyl (C=O) groups is 1. The maximum absolute atomic E-state index is 12.3. The van der Waals surface area contributed by atoms with Crippen LogP contribution in [0.4, 0.5) is 5.69 Å². The molecule has 0 aliphatic heterocycles. The zero-order chi connectivity index (χ0) is 19.4. The Kier molecular flexibility index (Phi) is 5.65. The van der Waals surface area contributed by atoms with E-state index in [4.69, 9.17) is 0 Å². The summed E-state index contributed by atoms with van der Waals surface area (Å²) >= 11 is 1.36. The highest BCUT2D eigenvalue weighted by Gasteiger charge is 2.14. The molecule has 1 N–H and O–H groups in total. The lowest BCUT2D eigenvalue weighted by Gasteiger charge is -2.19. The Morgan fingerprint density at radius 1 is 1.07 bits per heavy atom. The molecule has 0 unspecified atom stereocenters. The van der Waals surface area contributed by atoms with Crippen LogP contribution in [0.5, 0.6) is 0 Å². The van der Waals surface area contributed by atoms with Crippen LogP contribution in [-0.2, 0) is 10.2 Å². The minimum Gasteiger partial charge on any atom is -0.325 e. The van der Waals surface area contributed by atoms with Crippen LogP contribution in [0, 0.1) is 6.92 Å². The molecule has 0 atom stereocenters. The van der Waals surface area contributed by atoms with Gasteiger partial charge in [0.25, 0.3) is 0 Å². The standard InChI is InChI=1S/C21H24N4OS/c1-15-5-11-18(12-6-15)25-14-22-24-20(25)27-13-19(26)23-17-9-7-16(8-10-17)21(2,3)4/h5-12,14H,13H2,1-4H3,(H,23,26). The summed E-state index contributed by atoms with van der Waals surface area (Å²) in [7, 11) is 0. The second kappa shape index (κ2) is 7.96. The van der Waals surface area contributed by atoms with Gasteiger partial charge in [-0.1, -0.05) is 62.4 Å². The predicted molar refractivity (Wildman–Crippen MR) is 111 cm³/mol. The van der Waals surface area contributed by atoms with Gasteiger partial charge in [-0.3, -0.25) is 9.36 Å². The summed E-state index contributed by atoms with van der Waals surface area (Å²) < 4.78 is 1.88. The van der Waals surface area contributed by atoms with Crippen molar-refractivity contribution in [1.29, 1.82) is 0 Å². The Hall–Kier alpha value is -2.60. The van der Waals surface area contributed by atoms with Crippen LogP contribution in [-0.4, -0.2) is 26.4 Å². The van der Waals surface area contributed by atoms with Gasteiger partial charge >= 0.3 is 0 Å². The molecule has 27 heavy (non-hydrogen) atoms. The van der Waals surface area contributed by atoms with Crippen molar-refractivity contribution in [3.63, 3.8) is 0 Å². The van der Waals surface area contributed by atoms with Gasteiger partial charge in [-0.25, -0.2) is 0 Å². The van der Waals surface area contributed by atoms with E-state index in [1.54, 1.807) is 6.33 Å². The normalized spacial score (nSPS) is 11.4. The van der Waals surface area contributed by atoms with Gasteiger partial charge in [-0.15, -0.1) is 10.2 Å². The molecule has 0 aliphatic carbocycles. The number of anilines is 1. The predicted octanol–water partition coefficient (Wildman–Crippen LogP) is 4.60. The molecule has 0 radical (unpaired) electrons. The molecule has 1 aromatic heterocycles. The second-order valence-electron chi connectivity index (χ2n) is 7.48. The molecule has 0 saturated carbocycles. The molecule has 140 valence electrons. The number of rotatable bonds is 5. The molecule has 0 fully saturated rings. The Morgan fingerprint density at radius 2 is 1.74 bits per heavy atom. The van der Waals surface area contributed by atoms with Gasteiger partial charge in [0, 0.05) is 11.4 Å². The van der Waals surface area contributed by atoms with Gasteiger partial charge in [-0.05, 0) is 42.2 Å². The van der Waals surface area contributed by atoms with Crippen molar-refractivity contribution >= 4 is 23.4 Å². The minimum absolute atomic E-state index is 0.0676. The van der Waals surface area contributed by atoms with E-state index in [0.29, 0.717) is 5.16 Å². The van der Waals surface area contributed by atoms with Crippen LogP contribution in [0.2, 0.25) is 0 Å². The SMILES string of the molecule is Cc1ccc(-n2cnnc2SCC(=O)Nc2ccc(C(C)(C)C)cc2)cc1. The van der Waals surface area contributed by atoms with Crippen LogP contribution in [0.3, 0.4) is 0 Å². The van der Waals surface area contributed by atoms with E-state index in [0.717, 1.165) is 11.4 Å². The first-order chi connectivity index (χ1) is 12.8. The van der Waals surface area contributed by atoms with E-state index < -0.39 is 0 Å². The average Bonchev–Trinajstić information content (AvgIpc) is 3.09. The maximum atomic E-state index is 12.3. The van der Waals surface area contributed by atoms with Gasteiger partial charge in [0.1, 0.15) is 6.33 Å². The number of hydrogen-bond acceptors (Lipinski definition) is 4. The van der Waals surface area contributed by atoms with E-state index >= 15 is 0 Å². The lowest BCUT2D eigenvalue weighted by molar-refractivity contribution is -0.113. The van der Waals surface area contributed by atoms with E-state index in [9.17, 15) is 4.79 Å². The number of thioether (sulfide) groups is 1. The molecule has 6 heteroatoms. The topological polar surface area (TPSA) is 59.8 Å². The first kappa shape index (κ1) is 19.2. The van der Waals surface area contributed by atoms with E-state index in [1.165, 1.54) is 22.9 Å². The molecule has 5 nitrogen and oxygen atoms in total. The molecular formula is C21H24N4OS. The first-order valence-electron chi connectivity index (χ1n) is 8.83. The molecule has 1 amide bonds. The summed E-state index contributed by atoms with van der Waals surface area (Å²) in [5.41, 5.74) is 4.30. The number of amides is 1. The Bertz CT molecular complexity index is 909. The fraction of sp³-hybridized carbons (Fsp3) is 0.286. The van der Waals surface area contributed by atoms with Gasteiger partial charge in [0.05, 0.1) is 5.75 Å². The van der Waals surface area contributed by atoms with Crippen molar-refractivity contribution in [3.05, 3.63) is 66.0 Å². The summed E-state index contributed by atoms with van der Waals surface area (Å²) in [6.45, 7) is 8.55. The smallest absolute Gasteiger partial charge is 0.234 e. The van der Waals surface area contributed by atoms with E-state index in [2.05, 4.69) is 48.4 Å². The maximum Gasteiger partial charge on any atom is 0.234 e. The zero-order valence-electron chi connectivity index (χ0n) is 16.1. The number of aryl methyl sites for hydroxylation is 1. The quantitative estimate of drug-likeness (QED) is 0.657. The third kappa shape index (κ3) is 4.98. The summed E-state index contributed by atoms with van der Waals surface area (Å²) in [5.74, 6) is 0.202. The largest absolute Gasteiger partial charge is 0.325 e. The van der Waals surface area contributed by atoms with Crippen molar-refractivity contribution in [2.45, 2.75) is 38.3 Å². The van der Waals surface area contributed by atoms with Crippen LogP contribution >= 0.6 is 11.8 Å². The second-order valence-corrected chi connectivity index (χ2v) is 8.43. The fourth-order valence-electron chi connectivity index (χ4n) is 2.59. The van der Waals surface area contributed by atoms with Crippen LogP contribution in [0.25, 0.3) is 5.69 Å². The van der Waals surface area contributed by atoms with Crippen molar-refractivity contribution in [3.8, 4) is 5.69 Å². The van der Waals surface area contributed by atoms with Gasteiger partial charge in [-0.2, -0.15) is 0 Å². The molecule has 0 aliphatic rings. The van der Waals surface area contributed by atoms with Crippen molar-refractivity contribution in [2.75, 3.05) is 11.1 Å². The van der Waals surface area contributed by atoms with Crippen molar-refractivity contribution in [2.24, 2.45) is 0 Å². The number of nitrogens with one attached hydrogen (secondary N) is 1. The Balaban J connectivity index is 1.60. The summed E-state index contributed by atoms with van der Waals surface area (Å²) in [4.78, 5) is 12.3. The molecule has 0 bridgehead atoms. The lowest BCUT2D eigenvalue weighted by Crippen LogP contribution is -2.15. The van der Waals surface area contributed by atoms with Crippen LogP contribution in [0.1, 0.15) is 31.9 Å². The van der Waals surface area contributed by atoms with E-state index in [-0.39, 0.29) is 17.1 Å². The summed E-state index contributed by atoms with van der Waals surface area (Å²) in [5, 5.41) is 11.7. The van der Waals surface area contributed by atoms with Crippen LogP contribution in [0.15, 0.2) is 60.0 Å². The zero-order valence-corrected chi connectivity index (χ0v) is 16.9. The monoisotopic (exact) mass is 380 g/mol. The Labute approximate surface area is 164 Å². The molecule has 1 heterocycles. The van der Waals surface area contributed by atoms with Crippen molar-refractivity contribution in [1.82, 2.24) is 14.8 Å². The van der Waals surface area contributed by atoms with Crippen LogP contribution < -0.4 is 5.32 Å². The highest BCUT2D eigenvalue weighted by Crippen LogP contribution is 2.24. The molecule has 3 rings (SSSR count). The number of nitrogens with zero attached hydrogens (tertiary/aromatic N) is 3. The van der Waals surface area contributed by atoms with Gasteiger partial charge in [0.2, 0.25) is 5.91 Å². The third-order valence-corrected chi connectivity index (χ3v) is 5.14. The highest BCUT2D eigenvalue weighted by atomic mass is 32.2. The van der Waals surface area contributed by atoms with Gasteiger partial charge < -0.3 is 5.32 Å². The molecular weight excluding hydrogens is 356 g/mol. The molecule has 3 aromatic rings. The highest BCUT2D eigenvalue weighted by molar-refractivity contribution is 7.99. The first-order valence-corrected chi connectivity index (χ1v) is 9.82. The van der Waals surface area contributed by atoms with E-state index in [1.807, 2.05) is 47.9 Å². The number of carbonyl (C=O) groups excluding carboxylic acids is 1. The molecule has 0 spiro atoms. The average molecular weight is 381 g/mol. The Morgan fingerprint density at radius 3 is 2.37 bits per heavy atom. The van der Waals surface area contributed by atoms with Gasteiger partial charge in [0.15, 0.2) is 5.16 Å². The molecule has 2 aromatic carbocycles. The summed E-state index contributed by atoms with van der Waals surface area (Å²) in [6.07, 6.45) is 1.66. The summed E-state index contributed by atoms with van der Waals surface area (Å²) in [6, 6.07) is 16.1. The fourth-order valence-corrected chi connectivity index (χ4v) is 3.31. The lowest BCUT2D eigenvalue weighted by atomic mass is 9.87. The number of hydrogen-bond donors (Lipinski definition) is 1. The molecule has 0 saturated heterocycles. The minimum atomic E-state index is -0.0676. The van der Waals surface area contributed by atoms with Crippen molar-refractivity contribution < 1.29 is 4.79 Å². The number of aromatic nitrogens is 3. The third-order valence-electron chi connectivity index (χ3n) is 4.20.